The minimum Gasteiger partial charge on any atom is -0.395 e. The highest BCUT2D eigenvalue weighted by molar-refractivity contribution is 6.33. The van der Waals surface area contributed by atoms with Crippen LogP contribution in [0.25, 0.3) is 11.1 Å². The van der Waals surface area contributed by atoms with E-state index in [-0.39, 0.29) is 22.3 Å². The summed E-state index contributed by atoms with van der Waals surface area (Å²) in [6.45, 7) is 0. The molecule has 1 atom stereocenters. The average molecular weight is 389 g/mol. The van der Waals surface area contributed by atoms with Gasteiger partial charge in [-0.05, 0) is 18.2 Å². The van der Waals surface area contributed by atoms with Crippen molar-refractivity contribution in [1.82, 2.24) is 4.98 Å². The summed E-state index contributed by atoms with van der Waals surface area (Å²) in [6.07, 6.45) is -2.92. The molecule has 1 unspecified atom stereocenters. The molecule has 2 aromatic rings. The molecule has 1 aromatic heterocycles. The molecule has 0 bridgehead atoms. The fourth-order valence-electron chi connectivity index (χ4n) is 2.53. The molecule has 1 N–H and O–H groups in total. The van der Waals surface area contributed by atoms with Crippen molar-refractivity contribution in [3.8, 4) is 22.6 Å². The number of carbonyl (C=O) groups excluding carboxylic acids is 1. The lowest BCUT2D eigenvalue weighted by Crippen LogP contribution is -2.25. The lowest BCUT2D eigenvalue weighted by atomic mass is 10.1. The normalized spacial score (nSPS) is 21.3. The zero-order valence-electron chi connectivity index (χ0n) is 12.7. The summed E-state index contributed by atoms with van der Waals surface area (Å²) in [4.78, 5) is 15.6. The highest BCUT2D eigenvalue weighted by atomic mass is 35.5. The van der Waals surface area contributed by atoms with Crippen molar-refractivity contribution < 1.29 is 31.8 Å². The number of halogens is 5. The van der Waals surface area contributed by atoms with E-state index in [9.17, 15) is 22.4 Å². The first-order valence-electron chi connectivity index (χ1n) is 7.39. The van der Waals surface area contributed by atoms with Crippen LogP contribution in [0, 0.1) is 5.92 Å². The Labute approximate surface area is 148 Å². The van der Waals surface area contributed by atoms with E-state index in [1.165, 1.54) is 30.5 Å². The first-order valence-corrected chi connectivity index (χ1v) is 7.77. The van der Waals surface area contributed by atoms with Crippen LogP contribution in [0.5, 0.6) is 11.5 Å². The van der Waals surface area contributed by atoms with Crippen molar-refractivity contribution in [2.75, 3.05) is 5.32 Å². The third-order valence-electron chi connectivity index (χ3n) is 3.96. The lowest BCUT2D eigenvalue weighted by Gasteiger charge is -2.08. The Morgan fingerprint density at radius 2 is 1.85 bits per heavy atom. The Morgan fingerprint density at radius 3 is 2.42 bits per heavy atom. The molecule has 1 aliphatic carbocycles. The van der Waals surface area contributed by atoms with Crippen molar-refractivity contribution >= 4 is 23.3 Å². The molecule has 0 radical (unpaired) electrons. The van der Waals surface area contributed by atoms with Gasteiger partial charge < -0.3 is 14.8 Å². The average Bonchev–Trinajstić information content (AvgIpc) is 3.08. The zero-order valence-corrected chi connectivity index (χ0v) is 13.5. The smallest absolute Gasteiger partial charge is 0.395 e. The molecule has 1 aromatic carbocycles. The van der Waals surface area contributed by atoms with Gasteiger partial charge >= 0.3 is 6.29 Å². The van der Waals surface area contributed by atoms with Gasteiger partial charge in [-0.25, -0.2) is 13.8 Å². The van der Waals surface area contributed by atoms with Crippen LogP contribution in [0.4, 0.5) is 23.4 Å². The fraction of sp³-hybridized carbons (Fsp3) is 0.250. The van der Waals surface area contributed by atoms with Crippen LogP contribution < -0.4 is 14.8 Å². The van der Waals surface area contributed by atoms with Gasteiger partial charge in [-0.3, -0.25) is 4.79 Å². The summed E-state index contributed by atoms with van der Waals surface area (Å²) in [7, 11) is 0. The highest BCUT2D eigenvalue weighted by Gasteiger charge is 2.61. The number of amides is 1. The maximum absolute atomic E-state index is 13.1. The van der Waals surface area contributed by atoms with Crippen LogP contribution >= 0.6 is 11.6 Å². The number of nitrogens with one attached hydrogen (secondary N) is 1. The van der Waals surface area contributed by atoms with E-state index in [1.54, 1.807) is 0 Å². The van der Waals surface area contributed by atoms with E-state index in [0.717, 1.165) is 0 Å². The second-order valence-corrected chi connectivity index (χ2v) is 6.29. The quantitative estimate of drug-likeness (QED) is 0.796. The number of benzene rings is 1. The number of hydrogen-bond acceptors (Lipinski definition) is 4. The van der Waals surface area contributed by atoms with Gasteiger partial charge in [-0.1, -0.05) is 11.6 Å². The van der Waals surface area contributed by atoms with Gasteiger partial charge in [0.25, 0.3) is 5.92 Å². The van der Waals surface area contributed by atoms with Crippen molar-refractivity contribution in [2.24, 2.45) is 5.92 Å². The number of anilines is 1. The van der Waals surface area contributed by atoms with Crippen LogP contribution in [0.1, 0.15) is 6.42 Å². The SMILES string of the molecule is O=C(Nc1ccc(-c2cc3c(cc2Cl)OC(F)(F)O3)cn1)C1CC1(F)F. The number of ether oxygens (including phenoxy) is 2. The fourth-order valence-corrected chi connectivity index (χ4v) is 2.79. The van der Waals surface area contributed by atoms with E-state index >= 15 is 0 Å². The first-order chi connectivity index (χ1) is 12.1. The Kier molecular flexibility index (Phi) is 3.56. The topological polar surface area (TPSA) is 60.5 Å². The van der Waals surface area contributed by atoms with E-state index in [2.05, 4.69) is 19.8 Å². The van der Waals surface area contributed by atoms with E-state index in [1.807, 2.05) is 0 Å². The third kappa shape index (κ3) is 3.03. The number of carbonyl (C=O) groups is 1. The van der Waals surface area contributed by atoms with Crippen LogP contribution in [0.2, 0.25) is 5.02 Å². The van der Waals surface area contributed by atoms with Gasteiger partial charge in [0.15, 0.2) is 11.5 Å². The Hall–Kier alpha value is -2.55. The van der Waals surface area contributed by atoms with Crippen LogP contribution in [-0.2, 0) is 4.79 Å². The van der Waals surface area contributed by atoms with Crippen molar-refractivity contribution in [2.45, 2.75) is 18.6 Å². The number of nitrogens with zero attached hydrogens (tertiary/aromatic N) is 1. The van der Waals surface area contributed by atoms with E-state index in [0.29, 0.717) is 11.1 Å². The summed E-state index contributed by atoms with van der Waals surface area (Å²) >= 11 is 6.08. The Morgan fingerprint density at radius 1 is 1.19 bits per heavy atom. The molecule has 10 heteroatoms. The molecule has 2 aliphatic rings. The zero-order chi connectivity index (χ0) is 18.7. The van der Waals surface area contributed by atoms with Crippen LogP contribution in [0.15, 0.2) is 30.5 Å². The second-order valence-electron chi connectivity index (χ2n) is 5.89. The molecule has 0 saturated heterocycles. The maximum Gasteiger partial charge on any atom is 0.586 e. The van der Waals surface area contributed by atoms with Crippen LogP contribution in [-0.4, -0.2) is 23.1 Å². The number of pyridine rings is 1. The molecule has 2 heterocycles. The highest BCUT2D eigenvalue weighted by Crippen LogP contribution is 2.49. The predicted molar refractivity (Wildman–Crippen MR) is 82.6 cm³/mol. The summed E-state index contributed by atoms with van der Waals surface area (Å²) in [5.41, 5.74) is 0.803. The van der Waals surface area contributed by atoms with Gasteiger partial charge in [0.05, 0.1) is 5.02 Å². The summed E-state index contributed by atoms with van der Waals surface area (Å²) in [5.74, 6) is -5.39. The molecule has 4 rings (SSSR count). The predicted octanol–water partition coefficient (Wildman–Crippen LogP) is 4.32. The third-order valence-corrected chi connectivity index (χ3v) is 4.27. The monoisotopic (exact) mass is 388 g/mol. The molecule has 0 spiro atoms. The Bertz CT molecular complexity index is 905. The summed E-state index contributed by atoms with van der Waals surface area (Å²) in [5, 5.41) is 2.42. The number of fused-ring (bicyclic) bond motifs is 1. The standard InChI is InChI=1S/C16H9ClF4N2O3/c17-10-4-12-11(25-16(20,21)26-12)3-8(10)7-1-2-13(22-6-7)23-14(24)9-5-15(9,18)19/h1-4,6,9H,5H2,(H,22,23,24). The molecule has 5 nitrogen and oxygen atoms in total. The number of aromatic nitrogens is 1. The molecule has 1 aliphatic heterocycles. The molecular weight excluding hydrogens is 380 g/mol. The molecule has 1 fully saturated rings. The largest absolute Gasteiger partial charge is 0.586 e. The molecule has 1 amide bonds. The summed E-state index contributed by atoms with van der Waals surface area (Å²) < 4.78 is 60.6. The Balaban J connectivity index is 1.54. The van der Waals surface area contributed by atoms with E-state index in [4.69, 9.17) is 11.6 Å². The minimum atomic E-state index is -3.76. The minimum absolute atomic E-state index is 0.0878. The first kappa shape index (κ1) is 16.9. The number of alkyl halides is 4. The van der Waals surface area contributed by atoms with Gasteiger partial charge in [0.1, 0.15) is 11.7 Å². The molecule has 26 heavy (non-hydrogen) atoms. The van der Waals surface area contributed by atoms with Crippen LogP contribution in [0.3, 0.4) is 0 Å². The maximum atomic E-state index is 13.1. The van der Waals surface area contributed by atoms with Gasteiger partial charge in [-0.2, -0.15) is 0 Å². The molecule has 136 valence electrons. The van der Waals surface area contributed by atoms with Gasteiger partial charge in [0, 0.05) is 29.8 Å². The lowest BCUT2D eigenvalue weighted by molar-refractivity contribution is -0.286. The molecular formula is C16H9ClF4N2O3. The van der Waals surface area contributed by atoms with Crippen molar-refractivity contribution in [3.05, 3.63) is 35.5 Å². The van der Waals surface area contributed by atoms with Gasteiger partial charge in [0.2, 0.25) is 5.91 Å². The number of hydrogen-bond donors (Lipinski definition) is 1. The van der Waals surface area contributed by atoms with Crippen molar-refractivity contribution in [1.29, 1.82) is 0 Å². The second kappa shape index (κ2) is 5.47. The van der Waals surface area contributed by atoms with Gasteiger partial charge in [-0.15, -0.1) is 8.78 Å². The van der Waals surface area contributed by atoms with Crippen molar-refractivity contribution in [3.63, 3.8) is 0 Å². The summed E-state index contributed by atoms with van der Waals surface area (Å²) in [6, 6.07) is 5.37. The van der Waals surface area contributed by atoms with E-state index < -0.39 is 30.5 Å². The molecule has 1 saturated carbocycles. The number of rotatable bonds is 3.